The van der Waals surface area contributed by atoms with Crippen molar-refractivity contribution >= 4 is 17.9 Å². The highest BCUT2D eigenvalue weighted by molar-refractivity contribution is 5.67. The molecule has 1 fully saturated rings. The Morgan fingerprint density at radius 2 is 2.13 bits per heavy atom. The van der Waals surface area contributed by atoms with Crippen LogP contribution in [0.5, 0.6) is 0 Å². The Bertz CT molecular complexity index is 369. The van der Waals surface area contributed by atoms with E-state index in [0.29, 0.717) is 5.95 Å². The number of carboxylic acid groups (broad SMARTS) is 1. The largest absolute Gasteiger partial charge is 0.480 e. The van der Waals surface area contributed by atoms with E-state index in [1.165, 1.54) is 4.68 Å². The number of carbonyl (C=O) groups is 1. The van der Waals surface area contributed by atoms with Gasteiger partial charge in [-0.15, -0.1) is 5.10 Å². The van der Waals surface area contributed by atoms with Crippen molar-refractivity contribution in [3.05, 3.63) is 0 Å². The van der Waals surface area contributed by atoms with Crippen molar-refractivity contribution in [2.45, 2.75) is 19.4 Å². The van der Waals surface area contributed by atoms with Gasteiger partial charge in [-0.3, -0.25) is 4.79 Å². The standard InChI is InChI=1S/C8H13N5O2/c9-7-10-8(12-3-1-2-4-12)11-13(7)5-6(14)15/h1-5H2,(H,14,15)(H2,9,10,11). The number of hydrogen-bond donors (Lipinski definition) is 2. The lowest BCUT2D eigenvalue weighted by Crippen LogP contribution is -2.19. The first-order valence-electron chi connectivity index (χ1n) is 4.84. The van der Waals surface area contributed by atoms with Gasteiger partial charge in [0.25, 0.3) is 0 Å². The summed E-state index contributed by atoms with van der Waals surface area (Å²) in [6.45, 7) is 1.58. The molecule has 2 rings (SSSR count). The van der Waals surface area contributed by atoms with Crippen LogP contribution in [-0.2, 0) is 11.3 Å². The fourth-order valence-electron chi connectivity index (χ4n) is 1.64. The molecule has 0 saturated carbocycles. The SMILES string of the molecule is Nc1nc(N2CCCC2)nn1CC(=O)O. The van der Waals surface area contributed by atoms with Crippen molar-refractivity contribution in [1.29, 1.82) is 0 Å². The molecule has 2 heterocycles. The quantitative estimate of drug-likeness (QED) is 0.702. The van der Waals surface area contributed by atoms with Crippen LogP contribution in [-0.4, -0.2) is 38.9 Å². The highest BCUT2D eigenvalue weighted by atomic mass is 16.4. The van der Waals surface area contributed by atoms with E-state index < -0.39 is 5.97 Å². The van der Waals surface area contributed by atoms with Crippen LogP contribution >= 0.6 is 0 Å². The van der Waals surface area contributed by atoms with Crippen LogP contribution in [0.1, 0.15) is 12.8 Å². The normalized spacial score (nSPS) is 15.9. The predicted molar refractivity (Wildman–Crippen MR) is 53.5 cm³/mol. The Morgan fingerprint density at radius 3 is 2.73 bits per heavy atom. The number of carboxylic acids is 1. The summed E-state index contributed by atoms with van der Waals surface area (Å²) in [6.07, 6.45) is 2.24. The molecule has 0 atom stereocenters. The van der Waals surface area contributed by atoms with Gasteiger partial charge in [0.15, 0.2) is 0 Å². The average Bonchev–Trinajstić information content (AvgIpc) is 2.75. The van der Waals surface area contributed by atoms with Crippen molar-refractivity contribution < 1.29 is 9.90 Å². The van der Waals surface area contributed by atoms with Crippen molar-refractivity contribution in [3.8, 4) is 0 Å². The van der Waals surface area contributed by atoms with Gasteiger partial charge < -0.3 is 15.7 Å². The number of aromatic nitrogens is 3. The summed E-state index contributed by atoms with van der Waals surface area (Å²) < 4.78 is 1.20. The molecule has 7 nitrogen and oxygen atoms in total. The van der Waals surface area contributed by atoms with Crippen molar-refractivity contribution in [1.82, 2.24) is 14.8 Å². The maximum atomic E-state index is 10.5. The Morgan fingerprint density at radius 1 is 1.47 bits per heavy atom. The third kappa shape index (κ3) is 2.00. The first kappa shape index (κ1) is 9.75. The number of nitrogens with two attached hydrogens (primary N) is 1. The van der Waals surface area contributed by atoms with Gasteiger partial charge in [0.2, 0.25) is 11.9 Å². The van der Waals surface area contributed by atoms with Gasteiger partial charge in [0.1, 0.15) is 6.54 Å². The molecule has 82 valence electrons. The lowest BCUT2D eigenvalue weighted by molar-refractivity contribution is -0.137. The predicted octanol–water partition coefficient (Wildman–Crippen LogP) is -0.455. The molecular weight excluding hydrogens is 198 g/mol. The maximum absolute atomic E-state index is 10.5. The summed E-state index contributed by atoms with van der Waals surface area (Å²) in [5.41, 5.74) is 5.56. The van der Waals surface area contributed by atoms with Gasteiger partial charge in [-0.25, -0.2) is 4.68 Å². The van der Waals surface area contributed by atoms with Crippen LogP contribution in [0.4, 0.5) is 11.9 Å². The molecule has 1 aromatic rings. The molecule has 0 radical (unpaired) electrons. The van der Waals surface area contributed by atoms with Crippen molar-refractivity contribution in [2.24, 2.45) is 0 Å². The van der Waals surface area contributed by atoms with Crippen LogP contribution in [0.15, 0.2) is 0 Å². The highest BCUT2D eigenvalue weighted by Crippen LogP contribution is 2.16. The minimum Gasteiger partial charge on any atom is -0.480 e. The van der Waals surface area contributed by atoms with Crippen LogP contribution in [0.3, 0.4) is 0 Å². The maximum Gasteiger partial charge on any atom is 0.325 e. The molecule has 15 heavy (non-hydrogen) atoms. The molecule has 0 unspecified atom stereocenters. The molecule has 1 aliphatic rings. The van der Waals surface area contributed by atoms with E-state index in [0.717, 1.165) is 25.9 Å². The molecule has 7 heteroatoms. The van der Waals surface area contributed by atoms with Crippen LogP contribution in [0, 0.1) is 0 Å². The molecular formula is C8H13N5O2. The topological polar surface area (TPSA) is 97.3 Å². The fraction of sp³-hybridized carbons (Fsp3) is 0.625. The number of nitrogens with zero attached hydrogens (tertiary/aromatic N) is 4. The second-order valence-corrected chi connectivity index (χ2v) is 3.52. The summed E-state index contributed by atoms with van der Waals surface area (Å²) in [4.78, 5) is 16.5. The van der Waals surface area contributed by atoms with Crippen LogP contribution in [0.2, 0.25) is 0 Å². The highest BCUT2D eigenvalue weighted by Gasteiger charge is 2.18. The summed E-state index contributed by atoms with van der Waals surface area (Å²) >= 11 is 0. The Kier molecular flexibility index (Phi) is 2.44. The van der Waals surface area contributed by atoms with Gasteiger partial charge >= 0.3 is 5.97 Å². The van der Waals surface area contributed by atoms with E-state index in [1.54, 1.807) is 0 Å². The van der Waals surface area contributed by atoms with E-state index in [-0.39, 0.29) is 12.5 Å². The van der Waals surface area contributed by atoms with E-state index in [9.17, 15) is 4.79 Å². The lowest BCUT2D eigenvalue weighted by Gasteiger charge is -2.10. The third-order valence-electron chi connectivity index (χ3n) is 2.36. The zero-order valence-corrected chi connectivity index (χ0v) is 8.26. The first-order chi connectivity index (χ1) is 7.16. The number of nitrogen functional groups attached to an aromatic ring is 1. The Labute approximate surface area is 86.5 Å². The molecule has 1 saturated heterocycles. The number of anilines is 2. The number of aliphatic carboxylic acids is 1. The molecule has 0 aromatic carbocycles. The molecule has 0 amide bonds. The van der Waals surface area contributed by atoms with Gasteiger partial charge in [-0.05, 0) is 12.8 Å². The molecule has 0 spiro atoms. The average molecular weight is 211 g/mol. The fourth-order valence-corrected chi connectivity index (χ4v) is 1.64. The first-order valence-corrected chi connectivity index (χ1v) is 4.84. The summed E-state index contributed by atoms with van der Waals surface area (Å²) in [6, 6.07) is 0. The summed E-state index contributed by atoms with van der Waals surface area (Å²) in [7, 11) is 0. The third-order valence-corrected chi connectivity index (χ3v) is 2.36. The Balaban J connectivity index is 2.16. The van der Waals surface area contributed by atoms with Gasteiger partial charge in [0, 0.05) is 13.1 Å². The smallest absolute Gasteiger partial charge is 0.325 e. The molecule has 1 aliphatic heterocycles. The van der Waals surface area contributed by atoms with E-state index in [1.807, 2.05) is 4.90 Å². The number of hydrogen-bond acceptors (Lipinski definition) is 5. The Hall–Kier alpha value is -1.79. The second-order valence-electron chi connectivity index (χ2n) is 3.52. The summed E-state index contributed by atoms with van der Waals surface area (Å²) in [5, 5.41) is 12.7. The molecule has 1 aromatic heterocycles. The minimum atomic E-state index is -0.973. The van der Waals surface area contributed by atoms with Crippen LogP contribution in [0.25, 0.3) is 0 Å². The van der Waals surface area contributed by atoms with Crippen molar-refractivity contribution in [3.63, 3.8) is 0 Å². The number of rotatable bonds is 3. The van der Waals surface area contributed by atoms with Crippen LogP contribution < -0.4 is 10.6 Å². The van der Waals surface area contributed by atoms with E-state index in [2.05, 4.69) is 10.1 Å². The van der Waals surface area contributed by atoms with Crippen molar-refractivity contribution in [2.75, 3.05) is 23.7 Å². The minimum absolute atomic E-state index is 0.152. The van der Waals surface area contributed by atoms with Gasteiger partial charge in [0.05, 0.1) is 0 Å². The zero-order valence-electron chi connectivity index (χ0n) is 8.26. The zero-order chi connectivity index (χ0) is 10.8. The monoisotopic (exact) mass is 211 g/mol. The second kappa shape index (κ2) is 3.76. The van der Waals surface area contributed by atoms with E-state index >= 15 is 0 Å². The van der Waals surface area contributed by atoms with E-state index in [4.69, 9.17) is 10.8 Å². The molecule has 0 aliphatic carbocycles. The molecule has 3 N–H and O–H groups in total. The van der Waals surface area contributed by atoms with Gasteiger partial charge in [-0.2, -0.15) is 4.98 Å². The van der Waals surface area contributed by atoms with Gasteiger partial charge in [-0.1, -0.05) is 0 Å². The lowest BCUT2D eigenvalue weighted by atomic mass is 10.4. The molecule has 0 bridgehead atoms. The summed E-state index contributed by atoms with van der Waals surface area (Å²) in [5.74, 6) is -0.287.